The van der Waals surface area contributed by atoms with Gasteiger partial charge in [0.05, 0.1) is 11.6 Å². The molecule has 2 atom stereocenters. The number of rotatable bonds is 20. The Kier molecular flexibility index (Phi) is 20.1. The van der Waals surface area contributed by atoms with Gasteiger partial charge in [-0.1, -0.05) is 110 Å². The van der Waals surface area contributed by atoms with Crippen LogP contribution in [0.4, 0.5) is 0 Å². The Morgan fingerprint density at radius 3 is 1.31 bits per heavy atom. The largest absolute Gasteiger partial charge is 0.392 e. The molecule has 0 aliphatic rings. The lowest BCUT2D eigenvalue weighted by Gasteiger charge is -2.12. The van der Waals surface area contributed by atoms with E-state index >= 15 is 0 Å². The second-order valence-electron chi connectivity index (χ2n) is 8.65. The average Bonchev–Trinajstić information content (AvgIpc) is 2.59. The van der Waals surface area contributed by atoms with E-state index in [1.54, 1.807) is 6.92 Å². The Hall–Kier alpha value is 0.210. The molecule has 0 aliphatic heterocycles. The summed E-state index contributed by atoms with van der Waals surface area (Å²) in [5.74, 6) is 0.880. The van der Waals surface area contributed by atoms with Crippen LogP contribution in [0.1, 0.15) is 124 Å². The first kappa shape index (κ1) is 26.2. The molecule has 0 saturated carbocycles. The van der Waals surface area contributed by atoms with Gasteiger partial charge in [-0.15, -0.1) is 11.6 Å². The van der Waals surface area contributed by atoms with E-state index < -0.39 is 0 Å². The van der Waals surface area contributed by atoms with E-state index in [0.717, 1.165) is 12.3 Å². The van der Waals surface area contributed by atoms with Gasteiger partial charge in [0.15, 0.2) is 0 Å². The monoisotopic (exact) mass is 389 g/mol. The Morgan fingerprint density at radius 1 is 0.615 bits per heavy atom. The quantitative estimate of drug-likeness (QED) is 0.129. The summed E-state index contributed by atoms with van der Waals surface area (Å²) in [5.41, 5.74) is 0.0137. The first-order valence-electron chi connectivity index (χ1n) is 11.6. The second kappa shape index (κ2) is 20.0. The van der Waals surface area contributed by atoms with Crippen molar-refractivity contribution in [3.8, 4) is 0 Å². The molecule has 0 amide bonds. The zero-order chi connectivity index (χ0) is 19.5. The minimum atomic E-state index is -0.314. The van der Waals surface area contributed by atoms with Crippen LogP contribution in [0, 0.1) is 5.92 Å². The normalized spacial score (nSPS) is 14.1. The number of alkyl halides is 1. The molecule has 0 aromatic rings. The molecule has 2 N–H and O–H groups in total. The molecule has 0 radical (unpaired) electrons. The summed E-state index contributed by atoms with van der Waals surface area (Å²) in [4.78, 5) is 0. The van der Waals surface area contributed by atoms with Gasteiger partial charge in [-0.3, -0.25) is 5.32 Å². The van der Waals surface area contributed by atoms with Crippen molar-refractivity contribution in [1.82, 2.24) is 5.32 Å². The van der Waals surface area contributed by atoms with E-state index in [2.05, 4.69) is 19.2 Å². The predicted molar refractivity (Wildman–Crippen MR) is 118 cm³/mol. The molecular weight excluding hydrogens is 342 g/mol. The lowest BCUT2D eigenvalue weighted by Crippen LogP contribution is -2.30. The van der Waals surface area contributed by atoms with Gasteiger partial charge in [0.1, 0.15) is 0 Å². The highest BCUT2D eigenvalue weighted by Crippen LogP contribution is 2.15. The maximum Gasteiger partial charge on any atom is 0.0826 e. The third-order valence-electron chi connectivity index (χ3n) is 5.12. The summed E-state index contributed by atoms with van der Waals surface area (Å²) in [6, 6.07) is 0. The molecule has 0 aromatic carbocycles. The van der Waals surface area contributed by atoms with Gasteiger partial charge in [0, 0.05) is 6.54 Å². The molecule has 0 heterocycles. The van der Waals surface area contributed by atoms with Crippen molar-refractivity contribution in [3.63, 3.8) is 0 Å². The lowest BCUT2D eigenvalue weighted by molar-refractivity contribution is 0.189. The zero-order valence-electron chi connectivity index (χ0n) is 18.1. The molecule has 0 fully saturated rings. The van der Waals surface area contributed by atoms with Crippen molar-refractivity contribution in [2.24, 2.45) is 5.92 Å². The molecule has 158 valence electrons. The lowest BCUT2D eigenvalue weighted by atomic mass is 10.0. The molecule has 26 heavy (non-hydrogen) atoms. The predicted octanol–water partition coefficient (Wildman–Crippen LogP) is 7.42. The molecule has 2 unspecified atom stereocenters. The van der Waals surface area contributed by atoms with E-state index in [4.69, 9.17) is 11.6 Å². The average molecular weight is 390 g/mol. The van der Waals surface area contributed by atoms with Gasteiger partial charge in [-0.25, -0.2) is 0 Å². The smallest absolute Gasteiger partial charge is 0.0826 e. The third-order valence-corrected chi connectivity index (χ3v) is 5.50. The highest BCUT2D eigenvalue weighted by atomic mass is 35.5. The summed E-state index contributed by atoms with van der Waals surface area (Å²) in [7, 11) is 0. The highest BCUT2D eigenvalue weighted by Gasteiger charge is 2.04. The Morgan fingerprint density at radius 2 is 0.962 bits per heavy atom. The topological polar surface area (TPSA) is 32.3 Å². The van der Waals surface area contributed by atoms with Crippen LogP contribution < -0.4 is 5.32 Å². The van der Waals surface area contributed by atoms with Crippen molar-refractivity contribution in [2.75, 3.05) is 6.54 Å². The molecule has 2 nitrogen and oxygen atoms in total. The van der Waals surface area contributed by atoms with Crippen LogP contribution in [0.2, 0.25) is 0 Å². The third kappa shape index (κ3) is 22.3. The van der Waals surface area contributed by atoms with Gasteiger partial charge in [-0.2, -0.15) is 0 Å². The van der Waals surface area contributed by atoms with Crippen molar-refractivity contribution < 1.29 is 5.11 Å². The molecule has 3 heteroatoms. The standard InChI is InChI=1S/C23H48ClNO/c1-21(2)18-16-14-12-10-8-6-4-5-7-9-11-13-15-17-19-23(24)25-20-22(3)26/h21-23,25-26H,4-20H2,1-3H3. The molecule has 0 bridgehead atoms. The molecule has 0 spiro atoms. The highest BCUT2D eigenvalue weighted by molar-refractivity contribution is 6.20. The SMILES string of the molecule is CC(C)CCCCCCCCCCCCCCCCC(Cl)NCC(C)O. The first-order chi connectivity index (χ1) is 12.5. The maximum atomic E-state index is 9.20. The van der Waals surface area contributed by atoms with E-state index in [1.165, 1.54) is 96.3 Å². The fourth-order valence-corrected chi connectivity index (χ4v) is 3.64. The number of hydrogen-bond donors (Lipinski definition) is 2. The van der Waals surface area contributed by atoms with Crippen LogP contribution in [0.5, 0.6) is 0 Å². The van der Waals surface area contributed by atoms with Gasteiger partial charge in [-0.05, 0) is 19.3 Å². The number of nitrogens with one attached hydrogen (secondary N) is 1. The molecule has 0 aliphatic carbocycles. The first-order valence-corrected chi connectivity index (χ1v) is 12.0. The van der Waals surface area contributed by atoms with E-state index in [1.807, 2.05) is 0 Å². The fraction of sp³-hybridized carbons (Fsp3) is 1.00. The zero-order valence-corrected chi connectivity index (χ0v) is 18.8. The van der Waals surface area contributed by atoms with Crippen LogP contribution >= 0.6 is 11.6 Å². The van der Waals surface area contributed by atoms with E-state index in [-0.39, 0.29) is 11.6 Å². The van der Waals surface area contributed by atoms with Crippen LogP contribution in [-0.2, 0) is 0 Å². The van der Waals surface area contributed by atoms with Crippen molar-refractivity contribution in [1.29, 1.82) is 0 Å². The Balaban J connectivity index is 3.09. The van der Waals surface area contributed by atoms with Crippen LogP contribution in [-0.4, -0.2) is 23.3 Å². The van der Waals surface area contributed by atoms with Gasteiger partial charge < -0.3 is 5.11 Å². The minimum Gasteiger partial charge on any atom is -0.392 e. The van der Waals surface area contributed by atoms with Crippen LogP contribution in [0.3, 0.4) is 0 Å². The van der Waals surface area contributed by atoms with Crippen molar-refractivity contribution in [2.45, 2.75) is 135 Å². The van der Waals surface area contributed by atoms with Crippen molar-refractivity contribution in [3.05, 3.63) is 0 Å². The fourth-order valence-electron chi connectivity index (χ4n) is 3.40. The van der Waals surface area contributed by atoms with Crippen LogP contribution in [0.15, 0.2) is 0 Å². The van der Waals surface area contributed by atoms with E-state index in [0.29, 0.717) is 6.54 Å². The van der Waals surface area contributed by atoms with Crippen molar-refractivity contribution >= 4 is 11.6 Å². The van der Waals surface area contributed by atoms with Gasteiger partial charge >= 0.3 is 0 Å². The molecule has 0 aromatic heterocycles. The molecule has 0 saturated heterocycles. The Labute approximate surface area is 169 Å². The number of halogens is 1. The summed E-state index contributed by atoms with van der Waals surface area (Å²) >= 11 is 6.17. The molecule has 0 rings (SSSR count). The van der Waals surface area contributed by atoms with E-state index in [9.17, 15) is 5.11 Å². The summed E-state index contributed by atoms with van der Waals surface area (Å²) < 4.78 is 0. The molecular formula is C23H48ClNO. The van der Waals surface area contributed by atoms with Crippen LogP contribution in [0.25, 0.3) is 0 Å². The summed E-state index contributed by atoms with van der Waals surface area (Å²) in [5, 5.41) is 12.4. The summed E-state index contributed by atoms with van der Waals surface area (Å²) in [6.07, 6.45) is 21.7. The second-order valence-corrected chi connectivity index (χ2v) is 9.17. The summed E-state index contributed by atoms with van der Waals surface area (Å²) in [6.45, 7) is 7.03. The number of hydrogen-bond acceptors (Lipinski definition) is 2. The number of aliphatic hydroxyl groups is 1. The van der Waals surface area contributed by atoms with Gasteiger partial charge in [0.25, 0.3) is 0 Å². The number of aliphatic hydroxyl groups excluding tert-OH is 1. The Bertz CT molecular complexity index is 271. The number of unbranched alkanes of at least 4 members (excludes halogenated alkanes) is 13. The minimum absolute atomic E-state index is 0.0137. The van der Waals surface area contributed by atoms with Gasteiger partial charge in [0.2, 0.25) is 0 Å². The maximum absolute atomic E-state index is 9.20.